The van der Waals surface area contributed by atoms with E-state index in [1.54, 1.807) is 0 Å². The van der Waals surface area contributed by atoms with E-state index < -0.39 is 0 Å². The molecule has 0 atom stereocenters. The van der Waals surface area contributed by atoms with Gasteiger partial charge in [0.2, 0.25) is 0 Å². The summed E-state index contributed by atoms with van der Waals surface area (Å²) in [5.41, 5.74) is 0.335. The van der Waals surface area contributed by atoms with Crippen molar-refractivity contribution in [3.8, 4) is 0 Å². The number of halogens is 1. The monoisotopic (exact) mass is 260 g/mol. The van der Waals surface area contributed by atoms with E-state index in [2.05, 4.69) is 48.8 Å². The maximum atomic E-state index is 3.51. The van der Waals surface area contributed by atoms with Crippen LogP contribution in [0.25, 0.3) is 0 Å². The lowest BCUT2D eigenvalue weighted by molar-refractivity contribution is 0.523. The molecule has 2 heteroatoms. The molecule has 1 heterocycles. The molecule has 0 aromatic carbocycles. The molecule has 74 valence electrons. The molecule has 0 amide bonds. The molecule has 0 aliphatic rings. The lowest BCUT2D eigenvalue weighted by Crippen LogP contribution is -2.15. The van der Waals surface area contributed by atoms with Crippen LogP contribution in [0.4, 0.5) is 0 Å². The second-order valence-corrected chi connectivity index (χ2v) is 5.90. The molecule has 0 saturated carbocycles. The number of hydrogen-bond acceptors (Lipinski definition) is 1. The van der Waals surface area contributed by atoms with Crippen LogP contribution < -0.4 is 0 Å². The van der Waals surface area contributed by atoms with Crippen LogP contribution in [0, 0.1) is 0 Å². The van der Waals surface area contributed by atoms with E-state index in [1.165, 1.54) is 16.2 Å². The molecule has 1 rings (SSSR count). The van der Waals surface area contributed by atoms with Gasteiger partial charge in [0.25, 0.3) is 0 Å². The number of hydrogen-bond donors (Lipinski definition) is 0. The zero-order valence-electron chi connectivity index (χ0n) is 8.56. The van der Waals surface area contributed by atoms with Gasteiger partial charge in [-0.2, -0.15) is 0 Å². The zero-order chi connectivity index (χ0) is 9.90. The smallest absolute Gasteiger partial charge is 0.0105 e. The summed E-state index contributed by atoms with van der Waals surface area (Å²) in [7, 11) is 0. The third kappa shape index (κ3) is 2.81. The van der Waals surface area contributed by atoms with Crippen LogP contribution in [-0.2, 0) is 11.8 Å². The lowest BCUT2D eigenvalue weighted by atomic mass is 9.89. The van der Waals surface area contributed by atoms with E-state index in [0.717, 1.165) is 11.8 Å². The van der Waals surface area contributed by atoms with Gasteiger partial charge in [0.05, 0.1) is 0 Å². The lowest BCUT2D eigenvalue weighted by Gasteiger charge is -2.21. The topological polar surface area (TPSA) is 0 Å². The standard InChI is InChI=1S/C11H17BrS/c1-4-9-5-6-10(13-9)11(2,3)7-8-12/h5-6H,4,7-8H2,1-3H3. The van der Waals surface area contributed by atoms with Crippen molar-refractivity contribution >= 4 is 27.3 Å². The molecule has 0 spiro atoms. The van der Waals surface area contributed by atoms with Gasteiger partial charge in [-0.3, -0.25) is 0 Å². The number of alkyl halides is 1. The molecule has 13 heavy (non-hydrogen) atoms. The molecule has 0 radical (unpaired) electrons. The highest BCUT2D eigenvalue weighted by Gasteiger charge is 2.21. The van der Waals surface area contributed by atoms with Gasteiger partial charge < -0.3 is 0 Å². The van der Waals surface area contributed by atoms with Gasteiger partial charge in [-0.05, 0) is 30.4 Å². The van der Waals surface area contributed by atoms with E-state index in [0.29, 0.717) is 5.41 Å². The Morgan fingerprint density at radius 2 is 2.08 bits per heavy atom. The fourth-order valence-electron chi connectivity index (χ4n) is 1.29. The highest BCUT2D eigenvalue weighted by molar-refractivity contribution is 9.09. The predicted octanol–water partition coefficient (Wildman–Crippen LogP) is 4.37. The minimum Gasteiger partial charge on any atom is -0.145 e. The Morgan fingerprint density at radius 1 is 1.38 bits per heavy atom. The Bertz CT molecular complexity index is 263. The minimum atomic E-state index is 0.335. The van der Waals surface area contributed by atoms with Crippen LogP contribution in [0.3, 0.4) is 0 Å². The van der Waals surface area contributed by atoms with Crippen LogP contribution in [0.5, 0.6) is 0 Å². The molecule has 1 aromatic rings. The summed E-state index contributed by atoms with van der Waals surface area (Å²) in [6.07, 6.45) is 2.37. The Hall–Kier alpha value is 0.180. The number of thiophene rings is 1. The summed E-state index contributed by atoms with van der Waals surface area (Å²) in [6, 6.07) is 4.54. The van der Waals surface area contributed by atoms with Crippen molar-refractivity contribution in [3.05, 3.63) is 21.9 Å². The van der Waals surface area contributed by atoms with Gasteiger partial charge in [0.15, 0.2) is 0 Å². The number of rotatable bonds is 4. The third-order valence-electron chi connectivity index (χ3n) is 2.40. The summed E-state index contributed by atoms with van der Waals surface area (Å²) in [5, 5.41) is 1.08. The molecule has 0 aliphatic heterocycles. The predicted molar refractivity (Wildman–Crippen MR) is 65.1 cm³/mol. The molecule has 0 bridgehead atoms. The molecule has 0 unspecified atom stereocenters. The van der Waals surface area contributed by atoms with E-state index in [4.69, 9.17) is 0 Å². The summed E-state index contributed by atoms with van der Waals surface area (Å²) in [6.45, 7) is 6.85. The molecule has 0 fully saturated rings. The molecule has 0 saturated heterocycles. The van der Waals surface area contributed by atoms with E-state index >= 15 is 0 Å². The summed E-state index contributed by atoms with van der Waals surface area (Å²) >= 11 is 5.47. The Morgan fingerprint density at radius 3 is 2.54 bits per heavy atom. The second kappa shape index (κ2) is 4.61. The largest absolute Gasteiger partial charge is 0.145 e. The van der Waals surface area contributed by atoms with Crippen molar-refractivity contribution < 1.29 is 0 Å². The van der Waals surface area contributed by atoms with Crippen molar-refractivity contribution in [2.24, 2.45) is 0 Å². The van der Waals surface area contributed by atoms with E-state index in [9.17, 15) is 0 Å². The Labute approximate surface area is 93.5 Å². The number of aryl methyl sites for hydroxylation is 1. The van der Waals surface area contributed by atoms with Crippen LogP contribution >= 0.6 is 27.3 Å². The quantitative estimate of drug-likeness (QED) is 0.706. The van der Waals surface area contributed by atoms with Crippen LogP contribution in [0.2, 0.25) is 0 Å². The van der Waals surface area contributed by atoms with E-state index in [-0.39, 0.29) is 0 Å². The molecule has 0 nitrogen and oxygen atoms in total. The fourth-order valence-corrected chi connectivity index (χ4v) is 3.36. The molecule has 0 N–H and O–H groups in total. The third-order valence-corrected chi connectivity index (χ3v) is 4.39. The summed E-state index contributed by atoms with van der Waals surface area (Å²) in [4.78, 5) is 3.02. The normalized spacial score (nSPS) is 12.0. The molecular formula is C11H17BrS. The molecule has 0 aliphatic carbocycles. The van der Waals surface area contributed by atoms with Crippen LogP contribution in [0.1, 0.15) is 36.9 Å². The van der Waals surface area contributed by atoms with Gasteiger partial charge in [0.1, 0.15) is 0 Å². The molecular weight excluding hydrogens is 244 g/mol. The first-order valence-electron chi connectivity index (χ1n) is 4.75. The van der Waals surface area contributed by atoms with Gasteiger partial charge >= 0.3 is 0 Å². The molecule has 1 aromatic heterocycles. The Balaban J connectivity index is 2.80. The first-order chi connectivity index (χ1) is 6.10. The Kier molecular flexibility index (Phi) is 3.99. The fraction of sp³-hybridized carbons (Fsp3) is 0.636. The SMILES string of the molecule is CCc1ccc(C(C)(C)CCBr)s1. The average molecular weight is 261 g/mol. The van der Waals surface area contributed by atoms with Gasteiger partial charge in [0, 0.05) is 15.1 Å². The van der Waals surface area contributed by atoms with E-state index in [1.807, 2.05) is 11.3 Å². The highest BCUT2D eigenvalue weighted by Crippen LogP contribution is 2.33. The van der Waals surface area contributed by atoms with Gasteiger partial charge in [-0.15, -0.1) is 11.3 Å². The summed E-state index contributed by atoms with van der Waals surface area (Å²) < 4.78 is 0. The zero-order valence-corrected chi connectivity index (χ0v) is 11.0. The van der Waals surface area contributed by atoms with Gasteiger partial charge in [-0.1, -0.05) is 36.7 Å². The highest BCUT2D eigenvalue weighted by atomic mass is 79.9. The minimum absolute atomic E-state index is 0.335. The first kappa shape index (κ1) is 11.3. The maximum absolute atomic E-state index is 3.51. The van der Waals surface area contributed by atoms with Crippen molar-refractivity contribution in [1.82, 2.24) is 0 Å². The maximum Gasteiger partial charge on any atom is 0.0105 e. The van der Waals surface area contributed by atoms with Crippen molar-refractivity contribution in [3.63, 3.8) is 0 Å². The van der Waals surface area contributed by atoms with Crippen molar-refractivity contribution in [1.29, 1.82) is 0 Å². The average Bonchev–Trinajstić information content (AvgIpc) is 2.52. The second-order valence-electron chi connectivity index (χ2n) is 3.94. The van der Waals surface area contributed by atoms with Crippen LogP contribution in [-0.4, -0.2) is 5.33 Å². The van der Waals surface area contributed by atoms with Crippen LogP contribution in [0.15, 0.2) is 12.1 Å². The summed E-state index contributed by atoms with van der Waals surface area (Å²) in [5.74, 6) is 0. The van der Waals surface area contributed by atoms with Gasteiger partial charge in [-0.25, -0.2) is 0 Å². The van der Waals surface area contributed by atoms with Crippen molar-refractivity contribution in [2.75, 3.05) is 5.33 Å². The van der Waals surface area contributed by atoms with Crippen molar-refractivity contribution in [2.45, 2.75) is 39.0 Å². The first-order valence-corrected chi connectivity index (χ1v) is 6.69.